The van der Waals surface area contributed by atoms with Gasteiger partial charge in [0.2, 0.25) is 0 Å². The van der Waals surface area contributed by atoms with Gasteiger partial charge in [-0.1, -0.05) is 19.1 Å². The smallest absolute Gasteiger partial charge is 0.103 e. The van der Waals surface area contributed by atoms with Crippen LogP contribution in [-0.2, 0) is 4.74 Å². The number of morpholine rings is 1. The van der Waals surface area contributed by atoms with Crippen LogP contribution in [0.1, 0.15) is 26.7 Å². The minimum absolute atomic E-state index is 0.632. The number of ether oxygens (including phenoxy) is 1. The minimum atomic E-state index is 0.632. The Bertz CT molecular complexity index is 264. The van der Waals surface area contributed by atoms with Crippen molar-refractivity contribution < 1.29 is 9.22 Å². The second-order valence-electron chi connectivity index (χ2n) is 5.68. The zero-order valence-electron chi connectivity index (χ0n) is 11.7. The first-order chi connectivity index (χ1) is 8.06. The van der Waals surface area contributed by atoms with Crippen molar-refractivity contribution in [2.45, 2.75) is 26.7 Å². The molecule has 1 heterocycles. The third-order valence-electron chi connectivity index (χ3n) is 3.70. The molecule has 0 spiro atoms. The highest BCUT2D eigenvalue weighted by molar-refractivity contribution is 4.98. The summed E-state index contributed by atoms with van der Waals surface area (Å²) in [7, 11) is 2.34. The van der Waals surface area contributed by atoms with E-state index in [1.54, 1.807) is 0 Å². The van der Waals surface area contributed by atoms with Crippen molar-refractivity contribution >= 4 is 0 Å². The largest absolute Gasteiger partial charge is 0.370 e. The highest BCUT2D eigenvalue weighted by atomic mass is 16.5. The van der Waals surface area contributed by atoms with Crippen LogP contribution in [0.15, 0.2) is 24.3 Å². The molecule has 1 fully saturated rings. The summed E-state index contributed by atoms with van der Waals surface area (Å²) in [6, 6.07) is 0. The molecule has 17 heavy (non-hydrogen) atoms. The molecule has 0 aromatic heterocycles. The fourth-order valence-corrected chi connectivity index (χ4v) is 2.32. The van der Waals surface area contributed by atoms with Crippen LogP contribution < -0.4 is 0 Å². The number of quaternary nitrogens is 1. The summed E-state index contributed by atoms with van der Waals surface area (Å²) in [5.74, 6) is 0.632. The van der Waals surface area contributed by atoms with E-state index in [4.69, 9.17) is 4.74 Å². The lowest BCUT2D eigenvalue weighted by Gasteiger charge is -2.37. The van der Waals surface area contributed by atoms with Crippen molar-refractivity contribution in [3.8, 4) is 0 Å². The predicted molar refractivity (Wildman–Crippen MR) is 74.0 cm³/mol. The molecule has 2 heteroatoms. The quantitative estimate of drug-likeness (QED) is 0.510. The van der Waals surface area contributed by atoms with Gasteiger partial charge in [-0.2, -0.15) is 0 Å². The average Bonchev–Trinajstić information content (AvgIpc) is 2.29. The molecule has 1 saturated heterocycles. The Kier molecular flexibility index (Phi) is 5.93. The van der Waals surface area contributed by atoms with Gasteiger partial charge in [-0.3, -0.25) is 0 Å². The summed E-state index contributed by atoms with van der Waals surface area (Å²) in [6.07, 6.45) is 6.83. The first-order valence-electron chi connectivity index (χ1n) is 6.75. The van der Waals surface area contributed by atoms with Gasteiger partial charge < -0.3 is 9.22 Å². The molecular weight excluding hydrogens is 210 g/mol. The molecule has 0 radical (unpaired) electrons. The molecule has 0 aliphatic carbocycles. The van der Waals surface area contributed by atoms with Crippen molar-refractivity contribution in [2.75, 3.05) is 39.9 Å². The van der Waals surface area contributed by atoms with Gasteiger partial charge in [-0.05, 0) is 31.3 Å². The van der Waals surface area contributed by atoms with E-state index in [-0.39, 0.29) is 0 Å². The van der Waals surface area contributed by atoms with Crippen LogP contribution in [0.3, 0.4) is 0 Å². The van der Waals surface area contributed by atoms with Crippen molar-refractivity contribution in [3.05, 3.63) is 24.3 Å². The van der Waals surface area contributed by atoms with Gasteiger partial charge >= 0.3 is 0 Å². The van der Waals surface area contributed by atoms with Crippen LogP contribution in [0.2, 0.25) is 0 Å². The maximum Gasteiger partial charge on any atom is 0.103 e. The Morgan fingerprint density at radius 2 is 2.06 bits per heavy atom. The second kappa shape index (κ2) is 6.97. The molecule has 1 rings (SSSR count). The Labute approximate surface area is 107 Å². The van der Waals surface area contributed by atoms with Gasteiger partial charge in [0.15, 0.2) is 0 Å². The molecule has 1 atom stereocenters. The van der Waals surface area contributed by atoms with E-state index in [0.29, 0.717) is 5.92 Å². The molecule has 0 aromatic carbocycles. The summed E-state index contributed by atoms with van der Waals surface area (Å²) in [5, 5.41) is 0. The van der Waals surface area contributed by atoms with E-state index in [2.05, 4.69) is 33.6 Å². The SMILES string of the molecule is C=CC(C)CCC=C(C)C[N+]1(C)CCOCC1. The van der Waals surface area contributed by atoms with Crippen LogP contribution >= 0.6 is 0 Å². The van der Waals surface area contributed by atoms with Crippen LogP contribution in [0.4, 0.5) is 0 Å². The lowest BCUT2D eigenvalue weighted by molar-refractivity contribution is -0.912. The standard InChI is InChI=1S/C15H28NO/c1-5-14(2)7-6-8-15(3)13-16(4)9-11-17-12-10-16/h5,8,14H,1,6-7,9-13H2,2-4H3/q+1. The monoisotopic (exact) mass is 238 g/mol. The van der Waals surface area contributed by atoms with Crippen LogP contribution in [0.5, 0.6) is 0 Å². The number of allylic oxidation sites excluding steroid dienone is 2. The molecule has 1 unspecified atom stereocenters. The lowest BCUT2D eigenvalue weighted by atomic mass is 10.0. The van der Waals surface area contributed by atoms with Gasteiger partial charge in [0.1, 0.15) is 13.1 Å². The molecule has 0 amide bonds. The maximum atomic E-state index is 5.43. The topological polar surface area (TPSA) is 9.23 Å². The first kappa shape index (κ1) is 14.5. The Morgan fingerprint density at radius 3 is 2.65 bits per heavy atom. The van der Waals surface area contributed by atoms with Gasteiger partial charge in [0.05, 0.1) is 26.8 Å². The van der Waals surface area contributed by atoms with Crippen molar-refractivity contribution in [3.63, 3.8) is 0 Å². The Hall–Kier alpha value is -0.600. The highest BCUT2D eigenvalue weighted by Crippen LogP contribution is 2.13. The average molecular weight is 238 g/mol. The Morgan fingerprint density at radius 1 is 1.41 bits per heavy atom. The lowest BCUT2D eigenvalue weighted by Crippen LogP contribution is -2.52. The van der Waals surface area contributed by atoms with Gasteiger partial charge in [0, 0.05) is 0 Å². The molecule has 98 valence electrons. The van der Waals surface area contributed by atoms with E-state index < -0.39 is 0 Å². The number of nitrogens with zero attached hydrogens (tertiary/aromatic N) is 1. The number of hydrogen-bond acceptors (Lipinski definition) is 1. The zero-order chi connectivity index (χ0) is 12.7. The van der Waals surface area contributed by atoms with Crippen molar-refractivity contribution in [2.24, 2.45) is 5.92 Å². The van der Waals surface area contributed by atoms with Gasteiger partial charge in [-0.15, -0.1) is 6.58 Å². The maximum absolute atomic E-state index is 5.43. The highest BCUT2D eigenvalue weighted by Gasteiger charge is 2.24. The summed E-state index contributed by atoms with van der Waals surface area (Å²) in [5.41, 5.74) is 1.52. The first-order valence-corrected chi connectivity index (χ1v) is 6.75. The fraction of sp³-hybridized carbons (Fsp3) is 0.733. The third kappa shape index (κ3) is 5.51. The van der Waals surface area contributed by atoms with Crippen LogP contribution in [-0.4, -0.2) is 44.4 Å². The molecule has 0 bridgehead atoms. The number of rotatable bonds is 6. The fourth-order valence-electron chi connectivity index (χ4n) is 2.32. The van der Waals surface area contributed by atoms with E-state index in [1.807, 2.05) is 6.08 Å². The summed E-state index contributed by atoms with van der Waals surface area (Å²) >= 11 is 0. The van der Waals surface area contributed by atoms with E-state index in [1.165, 1.54) is 25.0 Å². The predicted octanol–water partition coefficient (Wildman–Crippen LogP) is 3.01. The van der Waals surface area contributed by atoms with Gasteiger partial charge in [-0.25, -0.2) is 0 Å². The van der Waals surface area contributed by atoms with E-state index >= 15 is 0 Å². The molecular formula is C15H28NO+. The normalized spacial score (nSPS) is 22.2. The molecule has 0 N–H and O–H groups in total. The van der Waals surface area contributed by atoms with E-state index in [9.17, 15) is 0 Å². The second-order valence-corrected chi connectivity index (χ2v) is 5.68. The molecule has 1 aliphatic heterocycles. The summed E-state index contributed by atoms with van der Waals surface area (Å²) in [6.45, 7) is 13.6. The molecule has 1 aliphatic rings. The zero-order valence-corrected chi connectivity index (χ0v) is 11.7. The van der Waals surface area contributed by atoms with Crippen LogP contribution in [0.25, 0.3) is 0 Å². The molecule has 0 saturated carbocycles. The van der Waals surface area contributed by atoms with Crippen molar-refractivity contribution in [1.29, 1.82) is 0 Å². The van der Waals surface area contributed by atoms with E-state index in [0.717, 1.165) is 30.8 Å². The summed E-state index contributed by atoms with van der Waals surface area (Å²) in [4.78, 5) is 0. The minimum Gasteiger partial charge on any atom is -0.370 e. The third-order valence-corrected chi connectivity index (χ3v) is 3.70. The summed E-state index contributed by atoms with van der Waals surface area (Å²) < 4.78 is 6.57. The van der Waals surface area contributed by atoms with Crippen molar-refractivity contribution in [1.82, 2.24) is 0 Å². The van der Waals surface area contributed by atoms with Crippen LogP contribution in [0, 0.1) is 5.92 Å². The van der Waals surface area contributed by atoms with Gasteiger partial charge in [0.25, 0.3) is 0 Å². The number of likely N-dealkylation sites (N-methyl/N-ethyl adjacent to an activating group) is 1. The molecule has 0 aromatic rings. The Balaban J connectivity index is 2.33. The number of hydrogen-bond donors (Lipinski definition) is 0. The molecule has 2 nitrogen and oxygen atoms in total.